The first-order chi connectivity index (χ1) is 14.5. The summed E-state index contributed by atoms with van der Waals surface area (Å²) in [5.41, 5.74) is -0.686. The maximum absolute atomic E-state index is 12.9. The molecule has 3 unspecified atom stereocenters. The van der Waals surface area contributed by atoms with Crippen molar-refractivity contribution >= 4 is 39.0 Å². The smallest absolute Gasteiger partial charge is 0.408 e. The standard InChI is InChI=1S/C20H33N4O6P/c1-20(2,3)30-19(29)21-11-15(25)24-9-5-8-14(24)17(27)22-13(10-12-6-4-7-12)16(26)18(28)23-31/h12-14H,4-11,31H2,1-3H3,(H,21,29)(H,22,27)(H,23,28). The number of nitrogens with one attached hydrogen (secondary N) is 3. The molecule has 0 radical (unpaired) electrons. The summed E-state index contributed by atoms with van der Waals surface area (Å²) in [7, 11) is 1.99. The fourth-order valence-corrected chi connectivity index (χ4v) is 3.83. The van der Waals surface area contributed by atoms with Crippen LogP contribution in [-0.2, 0) is 23.9 Å². The van der Waals surface area contributed by atoms with E-state index in [1.807, 2.05) is 9.39 Å². The van der Waals surface area contributed by atoms with E-state index in [9.17, 15) is 24.0 Å². The van der Waals surface area contributed by atoms with Gasteiger partial charge in [-0.1, -0.05) is 19.3 Å². The Morgan fingerprint density at radius 3 is 2.32 bits per heavy atom. The van der Waals surface area contributed by atoms with Gasteiger partial charge in [-0.2, -0.15) is 0 Å². The number of nitrogens with zero attached hydrogens (tertiary/aromatic N) is 1. The number of likely N-dealkylation sites (tertiary alicyclic amines) is 1. The highest BCUT2D eigenvalue weighted by atomic mass is 31.0. The number of ketones is 1. The minimum atomic E-state index is -0.921. The number of rotatable bonds is 8. The lowest BCUT2D eigenvalue weighted by atomic mass is 9.80. The van der Waals surface area contributed by atoms with Crippen LogP contribution in [0.5, 0.6) is 0 Å². The van der Waals surface area contributed by atoms with E-state index in [-0.39, 0.29) is 6.54 Å². The molecular formula is C20H33N4O6P. The lowest BCUT2D eigenvalue weighted by Crippen LogP contribution is -2.54. The van der Waals surface area contributed by atoms with Crippen molar-refractivity contribution < 1.29 is 28.7 Å². The molecule has 2 aliphatic rings. The van der Waals surface area contributed by atoms with Crippen molar-refractivity contribution in [2.75, 3.05) is 13.1 Å². The van der Waals surface area contributed by atoms with E-state index in [4.69, 9.17) is 4.74 Å². The monoisotopic (exact) mass is 456 g/mol. The summed E-state index contributed by atoms with van der Waals surface area (Å²) in [6.07, 6.45) is 3.77. The highest BCUT2D eigenvalue weighted by Gasteiger charge is 2.37. The second kappa shape index (κ2) is 10.9. The van der Waals surface area contributed by atoms with Gasteiger partial charge in [0.05, 0.1) is 6.04 Å². The van der Waals surface area contributed by atoms with Crippen molar-refractivity contribution in [3.63, 3.8) is 0 Å². The fourth-order valence-electron chi connectivity index (χ4n) is 3.69. The Bertz CT molecular complexity index is 719. The van der Waals surface area contributed by atoms with E-state index in [0.29, 0.717) is 31.7 Å². The minimum Gasteiger partial charge on any atom is -0.444 e. The van der Waals surface area contributed by atoms with Gasteiger partial charge in [0, 0.05) is 6.54 Å². The van der Waals surface area contributed by atoms with Crippen molar-refractivity contribution in [1.82, 2.24) is 20.6 Å². The Balaban J connectivity index is 1.96. The Morgan fingerprint density at radius 2 is 1.77 bits per heavy atom. The van der Waals surface area contributed by atoms with E-state index in [1.54, 1.807) is 20.8 Å². The van der Waals surface area contributed by atoms with E-state index >= 15 is 0 Å². The average Bonchev–Trinajstić information content (AvgIpc) is 3.15. The lowest BCUT2D eigenvalue weighted by molar-refractivity contribution is -0.141. The van der Waals surface area contributed by atoms with Crippen LogP contribution < -0.4 is 15.7 Å². The number of amides is 4. The van der Waals surface area contributed by atoms with Gasteiger partial charge in [-0.05, 0) is 55.3 Å². The summed E-state index contributed by atoms with van der Waals surface area (Å²) in [5, 5.41) is 7.32. The van der Waals surface area contributed by atoms with Gasteiger partial charge in [0.25, 0.3) is 5.91 Å². The van der Waals surface area contributed by atoms with E-state index in [2.05, 4.69) is 15.7 Å². The van der Waals surface area contributed by atoms with Crippen molar-refractivity contribution in [2.45, 2.75) is 77.0 Å². The number of alkyl carbamates (subject to hydrolysis) is 1. The third-order valence-electron chi connectivity index (χ3n) is 5.44. The highest BCUT2D eigenvalue weighted by molar-refractivity contribution is 7.15. The molecule has 3 N–H and O–H groups in total. The molecule has 0 aromatic heterocycles. The molecule has 11 heteroatoms. The SMILES string of the molecule is CC(C)(C)OC(=O)NCC(=O)N1CCCC1C(=O)NC(CC1CCC1)C(=O)C(=O)NP. The number of hydrogen-bond donors (Lipinski definition) is 3. The first-order valence-corrected chi connectivity index (χ1v) is 11.2. The van der Waals surface area contributed by atoms with Crippen LogP contribution in [0.25, 0.3) is 0 Å². The Kier molecular flexibility index (Phi) is 8.79. The first-order valence-electron chi connectivity index (χ1n) is 10.6. The molecule has 174 valence electrons. The number of Topliss-reactive ketones (excluding diaryl/α,β-unsaturated/α-hetero) is 1. The van der Waals surface area contributed by atoms with Crippen LogP contribution in [0.3, 0.4) is 0 Å². The fraction of sp³-hybridized carbons (Fsp3) is 0.750. The predicted molar refractivity (Wildman–Crippen MR) is 116 cm³/mol. The molecule has 1 aliphatic heterocycles. The van der Waals surface area contributed by atoms with Crippen molar-refractivity contribution in [1.29, 1.82) is 0 Å². The van der Waals surface area contributed by atoms with Crippen molar-refractivity contribution in [3.8, 4) is 0 Å². The van der Waals surface area contributed by atoms with Crippen LogP contribution in [0, 0.1) is 5.92 Å². The predicted octanol–water partition coefficient (Wildman–Crippen LogP) is 0.653. The summed E-state index contributed by atoms with van der Waals surface area (Å²) < 4.78 is 5.11. The number of carbonyl (C=O) groups excluding carboxylic acids is 5. The quantitative estimate of drug-likeness (QED) is 0.363. The van der Waals surface area contributed by atoms with Crippen LogP contribution in [0.1, 0.15) is 59.3 Å². The van der Waals surface area contributed by atoms with Gasteiger partial charge in [0.15, 0.2) is 0 Å². The molecule has 0 aromatic carbocycles. The van der Waals surface area contributed by atoms with Crippen LogP contribution >= 0.6 is 9.39 Å². The summed E-state index contributed by atoms with van der Waals surface area (Å²) >= 11 is 0. The molecule has 1 saturated heterocycles. The molecule has 1 aliphatic carbocycles. The van der Waals surface area contributed by atoms with E-state index in [0.717, 1.165) is 19.3 Å². The first kappa shape index (κ1) is 25.0. The average molecular weight is 456 g/mol. The molecule has 0 spiro atoms. The molecule has 10 nitrogen and oxygen atoms in total. The zero-order chi connectivity index (χ0) is 23.2. The van der Waals surface area contributed by atoms with Crippen molar-refractivity contribution in [3.05, 3.63) is 0 Å². The highest BCUT2D eigenvalue weighted by Crippen LogP contribution is 2.31. The van der Waals surface area contributed by atoms with Gasteiger partial charge >= 0.3 is 6.09 Å². The number of carbonyl (C=O) groups is 5. The second-order valence-corrected chi connectivity index (χ2v) is 9.32. The van der Waals surface area contributed by atoms with Crippen LogP contribution in [0.2, 0.25) is 0 Å². The third kappa shape index (κ3) is 7.45. The summed E-state index contributed by atoms with van der Waals surface area (Å²) in [6.45, 7) is 5.23. The Labute approximate surface area is 184 Å². The minimum absolute atomic E-state index is 0.293. The summed E-state index contributed by atoms with van der Waals surface area (Å²) in [5.74, 6) is -2.05. The molecule has 3 atom stereocenters. The summed E-state index contributed by atoms with van der Waals surface area (Å²) in [4.78, 5) is 62.9. The topological polar surface area (TPSA) is 134 Å². The maximum Gasteiger partial charge on any atom is 0.408 e. The molecule has 0 bridgehead atoms. The molecular weight excluding hydrogens is 423 g/mol. The molecule has 0 aromatic rings. The Hall–Kier alpha value is -2.22. The van der Waals surface area contributed by atoms with E-state index < -0.39 is 47.3 Å². The van der Waals surface area contributed by atoms with Gasteiger partial charge in [-0.15, -0.1) is 0 Å². The normalized spacial score (nSPS) is 19.7. The van der Waals surface area contributed by atoms with Gasteiger partial charge in [0.2, 0.25) is 17.6 Å². The second-order valence-electron chi connectivity index (χ2n) is 9.03. The van der Waals surface area contributed by atoms with Crippen molar-refractivity contribution in [2.24, 2.45) is 5.92 Å². The van der Waals surface area contributed by atoms with Crippen LogP contribution in [-0.4, -0.2) is 65.3 Å². The molecule has 31 heavy (non-hydrogen) atoms. The molecule has 1 heterocycles. The van der Waals surface area contributed by atoms with Gasteiger partial charge in [-0.25, -0.2) is 4.79 Å². The van der Waals surface area contributed by atoms with Gasteiger partial charge in [-0.3, -0.25) is 19.2 Å². The van der Waals surface area contributed by atoms with Crippen LogP contribution in [0.4, 0.5) is 4.79 Å². The third-order valence-corrected chi connectivity index (χ3v) is 5.70. The van der Waals surface area contributed by atoms with Gasteiger partial charge in [0.1, 0.15) is 18.2 Å². The van der Waals surface area contributed by atoms with E-state index in [1.165, 1.54) is 4.90 Å². The molecule has 1 saturated carbocycles. The number of hydrogen-bond acceptors (Lipinski definition) is 6. The van der Waals surface area contributed by atoms with Gasteiger partial charge < -0.3 is 25.4 Å². The molecule has 2 fully saturated rings. The zero-order valence-electron chi connectivity index (χ0n) is 18.4. The Morgan fingerprint density at radius 1 is 1.10 bits per heavy atom. The number of ether oxygens (including phenoxy) is 1. The zero-order valence-corrected chi connectivity index (χ0v) is 19.5. The molecule has 2 rings (SSSR count). The van der Waals surface area contributed by atoms with Crippen LogP contribution in [0.15, 0.2) is 0 Å². The summed E-state index contributed by atoms with van der Waals surface area (Å²) in [6, 6.07) is -1.67. The largest absolute Gasteiger partial charge is 0.444 e. The maximum atomic E-state index is 12.9. The molecule has 4 amide bonds. The lowest BCUT2D eigenvalue weighted by Gasteiger charge is -2.31.